The van der Waals surface area contributed by atoms with Crippen LogP contribution in [0.25, 0.3) is 11.0 Å². The summed E-state index contributed by atoms with van der Waals surface area (Å²) in [6, 6.07) is 8.63. The van der Waals surface area contributed by atoms with Crippen molar-refractivity contribution in [1.82, 2.24) is 4.90 Å². The molecule has 1 aromatic carbocycles. The molecule has 2 aromatic rings. The number of hydrogen-bond acceptors (Lipinski definition) is 3. The van der Waals surface area contributed by atoms with Gasteiger partial charge in [-0.3, -0.25) is 4.90 Å². The lowest BCUT2D eigenvalue weighted by molar-refractivity contribution is 0.123. The molecule has 108 valence electrons. The summed E-state index contributed by atoms with van der Waals surface area (Å²) in [7, 11) is 0. The first kappa shape index (κ1) is 14.1. The molecule has 0 amide bonds. The van der Waals surface area contributed by atoms with E-state index in [1.54, 1.807) is 0 Å². The number of hydrogen-bond donors (Lipinski definition) is 1. The van der Waals surface area contributed by atoms with Gasteiger partial charge in [0.2, 0.25) is 0 Å². The van der Waals surface area contributed by atoms with Crippen molar-refractivity contribution in [3.63, 3.8) is 0 Å². The second kappa shape index (κ2) is 5.88. The number of likely N-dealkylation sites (tertiary alicyclic amines) is 1. The number of fused-ring (bicyclic) bond motifs is 1. The third-order valence-electron chi connectivity index (χ3n) is 4.34. The molecule has 2 heterocycles. The van der Waals surface area contributed by atoms with Crippen LogP contribution in [0.3, 0.4) is 0 Å². The molecule has 0 saturated carbocycles. The lowest BCUT2D eigenvalue weighted by atomic mass is 9.96. The predicted molar refractivity (Wildman–Crippen MR) is 85.7 cm³/mol. The first-order valence-electron chi connectivity index (χ1n) is 7.30. The molecule has 1 aliphatic rings. The molecule has 0 spiro atoms. The van der Waals surface area contributed by atoms with Crippen LogP contribution in [0.5, 0.6) is 0 Å². The Labute approximate surface area is 128 Å². The van der Waals surface area contributed by atoms with Crippen LogP contribution in [0.1, 0.15) is 31.6 Å². The molecule has 3 rings (SSSR count). The van der Waals surface area contributed by atoms with Gasteiger partial charge in [0.25, 0.3) is 0 Å². The van der Waals surface area contributed by atoms with Crippen LogP contribution in [0, 0.1) is 5.92 Å². The molecule has 3 nitrogen and oxygen atoms in total. The number of furan rings is 1. The fourth-order valence-electron chi connectivity index (χ4n) is 3.06. The van der Waals surface area contributed by atoms with Gasteiger partial charge in [-0.05, 0) is 63.0 Å². The van der Waals surface area contributed by atoms with Crippen molar-refractivity contribution < 1.29 is 4.42 Å². The van der Waals surface area contributed by atoms with E-state index < -0.39 is 0 Å². The first-order chi connectivity index (χ1) is 9.67. The minimum Gasteiger partial charge on any atom is -0.459 e. The summed E-state index contributed by atoms with van der Waals surface area (Å²) in [6.07, 6.45) is 2.49. The first-order valence-corrected chi connectivity index (χ1v) is 8.10. The fraction of sp³-hybridized carbons (Fsp3) is 0.500. The zero-order valence-corrected chi connectivity index (χ0v) is 13.4. The van der Waals surface area contributed by atoms with Gasteiger partial charge in [0.05, 0.1) is 6.04 Å². The van der Waals surface area contributed by atoms with E-state index in [2.05, 4.69) is 39.9 Å². The summed E-state index contributed by atoms with van der Waals surface area (Å²) in [4.78, 5) is 2.49. The van der Waals surface area contributed by atoms with Gasteiger partial charge in [-0.25, -0.2) is 0 Å². The molecule has 1 aliphatic heterocycles. The van der Waals surface area contributed by atoms with Crippen molar-refractivity contribution in [2.75, 3.05) is 19.6 Å². The average molecular weight is 337 g/mol. The van der Waals surface area contributed by atoms with Crippen molar-refractivity contribution in [3.8, 4) is 0 Å². The Kier molecular flexibility index (Phi) is 4.15. The zero-order valence-electron chi connectivity index (χ0n) is 11.8. The van der Waals surface area contributed by atoms with E-state index in [0.29, 0.717) is 12.0 Å². The minimum absolute atomic E-state index is 0.315. The molecule has 0 aliphatic carbocycles. The van der Waals surface area contributed by atoms with Crippen LogP contribution in [-0.2, 0) is 0 Å². The van der Waals surface area contributed by atoms with E-state index in [1.807, 2.05) is 12.1 Å². The largest absolute Gasteiger partial charge is 0.459 e. The van der Waals surface area contributed by atoms with Crippen molar-refractivity contribution in [1.29, 1.82) is 0 Å². The monoisotopic (exact) mass is 336 g/mol. The van der Waals surface area contributed by atoms with E-state index in [4.69, 9.17) is 10.2 Å². The average Bonchev–Trinajstić information content (AvgIpc) is 2.89. The quantitative estimate of drug-likeness (QED) is 0.923. The Balaban J connectivity index is 1.82. The van der Waals surface area contributed by atoms with E-state index in [-0.39, 0.29) is 0 Å². The molecular weight excluding hydrogens is 316 g/mol. The van der Waals surface area contributed by atoms with Crippen molar-refractivity contribution in [2.45, 2.75) is 25.8 Å². The lowest BCUT2D eigenvalue weighted by Crippen LogP contribution is -2.39. The van der Waals surface area contributed by atoms with Crippen molar-refractivity contribution in [2.24, 2.45) is 11.7 Å². The Hall–Kier alpha value is -0.840. The number of halogens is 1. The van der Waals surface area contributed by atoms with E-state index in [9.17, 15) is 0 Å². The third-order valence-corrected chi connectivity index (χ3v) is 4.83. The smallest absolute Gasteiger partial charge is 0.134 e. The van der Waals surface area contributed by atoms with Crippen molar-refractivity contribution >= 4 is 26.9 Å². The lowest BCUT2D eigenvalue weighted by Gasteiger charge is -2.35. The predicted octanol–water partition coefficient (Wildman–Crippen LogP) is 3.93. The number of nitrogens with two attached hydrogens (primary N) is 1. The molecule has 1 fully saturated rings. The van der Waals surface area contributed by atoms with Crippen LogP contribution in [0.15, 0.2) is 33.2 Å². The number of benzene rings is 1. The SMILES string of the molecule is CC(c1cc2cc(Br)ccc2o1)N1CCCC(CN)C1. The fourth-order valence-corrected chi connectivity index (χ4v) is 3.44. The molecule has 4 heteroatoms. The van der Waals surface area contributed by atoms with E-state index in [0.717, 1.165) is 40.8 Å². The van der Waals surface area contributed by atoms with E-state index >= 15 is 0 Å². The summed E-state index contributed by atoms with van der Waals surface area (Å²) >= 11 is 3.51. The Morgan fingerprint density at radius 3 is 3.10 bits per heavy atom. The Morgan fingerprint density at radius 2 is 2.30 bits per heavy atom. The van der Waals surface area contributed by atoms with Crippen molar-refractivity contribution in [3.05, 3.63) is 34.5 Å². The Morgan fingerprint density at radius 1 is 1.45 bits per heavy atom. The minimum atomic E-state index is 0.315. The highest BCUT2D eigenvalue weighted by atomic mass is 79.9. The maximum atomic E-state index is 6.01. The molecule has 2 unspecified atom stereocenters. The molecule has 0 bridgehead atoms. The highest BCUT2D eigenvalue weighted by Crippen LogP contribution is 2.31. The van der Waals surface area contributed by atoms with Crippen LogP contribution in [0.4, 0.5) is 0 Å². The van der Waals surface area contributed by atoms with Crippen LogP contribution >= 0.6 is 15.9 Å². The van der Waals surface area contributed by atoms with Gasteiger partial charge in [0, 0.05) is 16.4 Å². The van der Waals surface area contributed by atoms with Crippen LogP contribution in [0.2, 0.25) is 0 Å². The molecule has 2 N–H and O–H groups in total. The third kappa shape index (κ3) is 2.78. The highest BCUT2D eigenvalue weighted by molar-refractivity contribution is 9.10. The number of nitrogens with zero attached hydrogens (tertiary/aromatic N) is 1. The summed E-state index contributed by atoms with van der Waals surface area (Å²) in [5.74, 6) is 1.68. The molecule has 20 heavy (non-hydrogen) atoms. The summed E-state index contributed by atoms with van der Waals surface area (Å²) < 4.78 is 7.10. The van der Waals surface area contributed by atoms with Gasteiger partial charge >= 0.3 is 0 Å². The molecule has 0 radical (unpaired) electrons. The molecule has 2 atom stereocenters. The summed E-state index contributed by atoms with van der Waals surface area (Å²) in [5, 5.41) is 1.16. The second-order valence-corrected chi connectivity index (χ2v) is 6.66. The Bertz CT molecular complexity index is 595. The number of piperidine rings is 1. The van der Waals surface area contributed by atoms with Gasteiger partial charge in [0.15, 0.2) is 0 Å². The standard InChI is InChI=1S/C16H21BrN2O/c1-11(19-6-2-3-12(9-18)10-19)16-8-13-7-14(17)4-5-15(13)20-16/h4-5,7-8,11-12H,2-3,6,9-10,18H2,1H3. The van der Waals surface area contributed by atoms with E-state index in [1.165, 1.54) is 12.8 Å². The van der Waals surface area contributed by atoms with Crippen LogP contribution in [-0.4, -0.2) is 24.5 Å². The van der Waals surface area contributed by atoms with Gasteiger partial charge in [-0.15, -0.1) is 0 Å². The summed E-state index contributed by atoms with van der Waals surface area (Å²) in [6.45, 7) is 5.23. The van der Waals surface area contributed by atoms with Gasteiger partial charge < -0.3 is 10.2 Å². The maximum absolute atomic E-state index is 6.01. The zero-order chi connectivity index (χ0) is 14.1. The normalized spacial score (nSPS) is 22.2. The van der Waals surface area contributed by atoms with Gasteiger partial charge in [0.1, 0.15) is 11.3 Å². The maximum Gasteiger partial charge on any atom is 0.134 e. The topological polar surface area (TPSA) is 42.4 Å². The molecule has 1 aromatic heterocycles. The van der Waals surface area contributed by atoms with Crippen LogP contribution < -0.4 is 5.73 Å². The molecular formula is C16H21BrN2O. The highest BCUT2D eigenvalue weighted by Gasteiger charge is 2.25. The molecule has 1 saturated heterocycles. The van der Waals surface area contributed by atoms with Gasteiger partial charge in [-0.2, -0.15) is 0 Å². The number of rotatable bonds is 3. The van der Waals surface area contributed by atoms with Gasteiger partial charge in [-0.1, -0.05) is 15.9 Å². The second-order valence-electron chi connectivity index (χ2n) is 5.75. The summed E-state index contributed by atoms with van der Waals surface area (Å²) in [5.41, 5.74) is 6.79.